The Hall–Kier alpha value is -2.30. The van der Waals surface area contributed by atoms with Crippen molar-refractivity contribution in [1.82, 2.24) is 15.1 Å². The molecule has 1 aliphatic rings. The number of carbonyl (C=O) groups is 1. The molecule has 0 unspecified atom stereocenters. The highest BCUT2D eigenvalue weighted by molar-refractivity contribution is 5.76. The van der Waals surface area contributed by atoms with Gasteiger partial charge in [0, 0.05) is 31.1 Å². The Morgan fingerprint density at radius 3 is 2.58 bits per heavy atom. The Balaban J connectivity index is 1.46. The molecule has 1 saturated heterocycles. The SMILES string of the molecule is COc1ccc(CCC(=O)N2CCC(c3cc(C)[nH]n3)CC2)cc1. The van der Waals surface area contributed by atoms with E-state index < -0.39 is 0 Å². The van der Waals surface area contributed by atoms with E-state index in [9.17, 15) is 4.79 Å². The van der Waals surface area contributed by atoms with Gasteiger partial charge in [-0.3, -0.25) is 9.89 Å². The van der Waals surface area contributed by atoms with Gasteiger partial charge in [-0.2, -0.15) is 5.10 Å². The highest BCUT2D eigenvalue weighted by Gasteiger charge is 2.24. The summed E-state index contributed by atoms with van der Waals surface area (Å²) in [6.45, 7) is 3.68. The Morgan fingerprint density at radius 2 is 2.00 bits per heavy atom. The molecule has 2 heterocycles. The van der Waals surface area contributed by atoms with Crippen LogP contribution in [0.25, 0.3) is 0 Å². The summed E-state index contributed by atoms with van der Waals surface area (Å²) in [6, 6.07) is 10.1. The molecule has 1 fully saturated rings. The van der Waals surface area contributed by atoms with Gasteiger partial charge in [-0.15, -0.1) is 0 Å². The number of methoxy groups -OCH3 is 1. The molecule has 3 rings (SSSR count). The zero-order valence-electron chi connectivity index (χ0n) is 14.4. The van der Waals surface area contributed by atoms with E-state index in [1.807, 2.05) is 36.1 Å². The van der Waals surface area contributed by atoms with Gasteiger partial charge in [0.05, 0.1) is 12.8 Å². The maximum atomic E-state index is 12.4. The Labute approximate surface area is 143 Å². The van der Waals surface area contributed by atoms with Crippen LogP contribution < -0.4 is 4.74 Å². The Morgan fingerprint density at radius 1 is 1.29 bits per heavy atom. The van der Waals surface area contributed by atoms with Crippen molar-refractivity contribution in [3.05, 3.63) is 47.3 Å². The molecule has 0 spiro atoms. The number of aromatic amines is 1. The minimum atomic E-state index is 0.252. The van der Waals surface area contributed by atoms with E-state index in [0.717, 1.165) is 49.5 Å². The highest BCUT2D eigenvalue weighted by Crippen LogP contribution is 2.27. The molecule has 1 amide bonds. The van der Waals surface area contributed by atoms with Crippen molar-refractivity contribution >= 4 is 5.91 Å². The summed E-state index contributed by atoms with van der Waals surface area (Å²) >= 11 is 0. The third-order valence-corrected chi connectivity index (χ3v) is 4.78. The first-order valence-electron chi connectivity index (χ1n) is 8.58. The van der Waals surface area contributed by atoms with Gasteiger partial charge in [-0.05, 0) is 49.9 Å². The molecule has 0 radical (unpaired) electrons. The molecule has 0 aliphatic carbocycles. The first kappa shape index (κ1) is 16.6. The Kier molecular flexibility index (Phi) is 5.18. The number of likely N-dealkylation sites (tertiary alicyclic amines) is 1. The first-order valence-corrected chi connectivity index (χ1v) is 8.58. The van der Waals surface area contributed by atoms with Gasteiger partial charge in [0.1, 0.15) is 5.75 Å². The molecule has 0 saturated carbocycles. The third kappa shape index (κ3) is 3.96. The van der Waals surface area contributed by atoms with Crippen LogP contribution in [0.1, 0.15) is 42.1 Å². The average molecular weight is 327 g/mol. The van der Waals surface area contributed by atoms with Gasteiger partial charge < -0.3 is 9.64 Å². The molecule has 1 aromatic carbocycles. The van der Waals surface area contributed by atoms with E-state index in [2.05, 4.69) is 16.3 Å². The zero-order chi connectivity index (χ0) is 16.9. The molecule has 0 atom stereocenters. The van der Waals surface area contributed by atoms with Crippen molar-refractivity contribution in [2.75, 3.05) is 20.2 Å². The molecule has 5 heteroatoms. The number of nitrogens with zero attached hydrogens (tertiary/aromatic N) is 2. The lowest BCUT2D eigenvalue weighted by molar-refractivity contribution is -0.132. The number of nitrogens with one attached hydrogen (secondary N) is 1. The van der Waals surface area contributed by atoms with Crippen molar-refractivity contribution in [2.45, 2.75) is 38.5 Å². The molecular weight excluding hydrogens is 302 g/mol. The monoisotopic (exact) mass is 327 g/mol. The number of H-pyrrole nitrogens is 1. The molecule has 5 nitrogen and oxygen atoms in total. The fourth-order valence-corrected chi connectivity index (χ4v) is 3.27. The minimum Gasteiger partial charge on any atom is -0.497 e. The predicted octanol–water partition coefficient (Wildman–Crippen LogP) is 3.07. The summed E-state index contributed by atoms with van der Waals surface area (Å²) in [4.78, 5) is 14.4. The largest absolute Gasteiger partial charge is 0.497 e. The maximum Gasteiger partial charge on any atom is 0.222 e. The number of rotatable bonds is 5. The number of benzene rings is 1. The molecule has 2 aromatic rings. The number of piperidine rings is 1. The standard InChI is InChI=1S/C19H25N3O2/c1-14-13-18(21-20-14)16-9-11-22(12-10-16)19(23)8-5-15-3-6-17(24-2)7-4-15/h3-4,6-7,13,16H,5,8-12H2,1-2H3,(H,20,21). The van der Waals surface area contributed by atoms with Gasteiger partial charge in [0.15, 0.2) is 0 Å². The quantitative estimate of drug-likeness (QED) is 0.918. The van der Waals surface area contributed by atoms with Gasteiger partial charge >= 0.3 is 0 Å². The molecule has 128 valence electrons. The normalized spacial score (nSPS) is 15.5. The first-order chi connectivity index (χ1) is 11.7. The third-order valence-electron chi connectivity index (χ3n) is 4.78. The van der Waals surface area contributed by atoms with Crippen LogP contribution in [0.2, 0.25) is 0 Å². The van der Waals surface area contributed by atoms with Crippen molar-refractivity contribution in [2.24, 2.45) is 0 Å². The average Bonchev–Trinajstić information content (AvgIpc) is 3.06. The van der Waals surface area contributed by atoms with Gasteiger partial charge in [0.2, 0.25) is 5.91 Å². The van der Waals surface area contributed by atoms with Crippen LogP contribution in [0.5, 0.6) is 5.75 Å². The maximum absolute atomic E-state index is 12.4. The lowest BCUT2D eigenvalue weighted by atomic mass is 9.93. The second-order valence-corrected chi connectivity index (χ2v) is 6.48. The van der Waals surface area contributed by atoms with Gasteiger partial charge in [0.25, 0.3) is 0 Å². The summed E-state index contributed by atoms with van der Waals surface area (Å²) in [6.07, 6.45) is 3.34. The van der Waals surface area contributed by atoms with E-state index in [-0.39, 0.29) is 5.91 Å². The number of carbonyl (C=O) groups excluding carboxylic acids is 1. The zero-order valence-corrected chi connectivity index (χ0v) is 14.4. The second-order valence-electron chi connectivity index (χ2n) is 6.48. The lowest BCUT2D eigenvalue weighted by Crippen LogP contribution is -2.38. The molecule has 1 N–H and O–H groups in total. The molecule has 24 heavy (non-hydrogen) atoms. The van der Waals surface area contributed by atoms with Crippen molar-refractivity contribution in [3.8, 4) is 5.75 Å². The number of hydrogen-bond acceptors (Lipinski definition) is 3. The van der Waals surface area contributed by atoms with Gasteiger partial charge in [-0.25, -0.2) is 0 Å². The van der Waals surface area contributed by atoms with Crippen LogP contribution in [0, 0.1) is 6.92 Å². The van der Waals surface area contributed by atoms with E-state index >= 15 is 0 Å². The highest BCUT2D eigenvalue weighted by atomic mass is 16.5. The Bertz CT molecular complexity index is 670. The predicted molar refractivity (Wildman–Crippen MR) is 93.2 cm³/mol. The van der Waals surface area contributed by atoms with Crippen LogP contribution >= 0.6 is 0 Å². The van der Waals surface area contributed by atoms with Crippen LogP contribution in [0.4, 0.5) is 0 Å². The summed E-state index contributed by atoms with van der Waals surface area (Å²) < 4.78 is 5.16. The summed E-state index contributed by atoms with van der Waals surface area (Å²) in [5, 5.41) is 7.37. The van der Waals surface area contributed by atoms with Gasteiger partial charge in [-0.1, -0.05) is 12.1 Å². The summed E-state index contributed by atoms with van der Waals surface area (Å²) in [5.41, 5.74) is 3.41. The topological polar surface area (TPSA) is 58.2 Å². The van der Waals surface area contributed by atoms with Crippen molar-refractivity contribution in [1.29, 1.82) is 0 Å². The molecular formula is C19H25N3O2. The number of amides is 1. The smallest absolute Gasteiger partial charge is 0.222 e. The summed E-state index contributed by atoms with van der Waals surface area (Å²) in [7, 11) is 1.66. The minimum absolute atomic E-state index is 0.252. The number of aromatic nitrogens is 2. The van der Waals surface area contributed by atoms with Crippen LogP contribution in [-0.4, -0.2) is 41.2 Å². The van der Waals surface area contributed by atoms with E-state index in [1.165, 1.54) is 5.56 Å². The lowest BCUT2D eigenvalue weighted by Gasteiger charge is -2.31. The van der Waals surface area contributed by atoms with Crippen LogP contribution in [-0.2, 0) is 11.2 Å². The molecule has 1 aliphatic heterocycles. The fourth-order valence-electron chi connectivity index (χ4n) is 3.27. The fraction of sp³-hybridized carbons (Fsp3) is 0.474. The number of ether oxygens (including phenoxy) is 1. The van der Waals surface area contributed by atoms with Crippen molar-refractivity contribution in [3.63, 3.8) is 0 Å². The van der Waals surface area contributed by atoms with Crippen molar-refractivity contribution < 1.29 is 9.53 Å². The number of hydrogen-bond donors (Lipinski definition) is 1. The number of aryl methyl sites for hydroxylation is 2. The van der Waals surface area contributed by atoms with E-state index in [0.29, 0.717) is 12.3 Å². The molecule has 0 bridgehead atoms. The van der Waals surface area contributed by atoms with E-state index in [1.54, 1.807) is 7.11 Å². The second kappa shape index (κ2) is 7.51. The molecule has 1 aromatic heterocycles. The van der Waals surface area contributed by atoms with Crippen LogP contribution in [0.3, 0.4) is 0 Å². The summed E-state index contributed by atoms with van der Waals surface area (Å²) in [5.74, 6) is 1.57. The van der Waals surface area contributed by atoms with E-state index in [4.69, 9.17) is 4.74 Å². The van der Waals surface area contributed by atoms with Crippen LogP contribution in [0.15, 0.2) is 30.3 Å².